The van der Waals surface area contributed by atoms with Crippen LogP contribution < -0.4 is 5.32 Å². The quantitative estimate of drug-likeness (QED) is 0.884. The highest BCUT2D eigenvalue weighted by atomic mass is 32.1. The van der Waals surface area contributed by atoms with Crippen LogP contribution in [0.15, 0.2) is 29.6 Å². The van der Waals surface area contributed by atoms with Crippen molar-refractivity contribution in [1.82, 2.24) is 10.3 Å². The van der Waals surface area contributed by atoms with Crippen LogP contribution in [0.4, 0.5) is 0 Å². The van der Waals surface area contributed by atoms with Gasteiger partial charge in [0.2, 0.25) is 0 Å². The molecule has 0 aliphatic rings. The maximum atomic E-state index is 11.9. The molecule has 2 aromatic rings. The minimum Gasteiger partial charge on any atom is -0.476 e. The van der Waals surface area contributed by atoms with Crippen molar-refractivity contribution in [2.75, 3.05) is 6.54 Å². The number of nitrogens with one attached hydrogen (secondary N) is 1. The number of nitrogens with zero attached hydrogens (tertiary/aromatic N) is 1. The van der Waals surface area contributed by atoms with Crippen molar-refractivity contribution in [2.45, 2.75) is 13.3 Å². The number of rotatable bonds is 5. The van der Waals surface area contributed by atoms with Gasteiger partial charge in [0.15, 0.2) is 5.69 Å². The van der Waals surface area contributed by atoms with Crippen molar-refractivity contribution in [3.05, 3.63) is 51.5 Å². The lowest BCUT2D eigenvalue weighted by Crippen LogP contribution is -2.25. The summed E-state index contributed by atoms with van der Waals surface area (Å²) in [5.41, 5.74) is 1.70. The molecule has 20 heavy (non-hydrogen) atoms. The number of hydrogen-bond acceptors (Lipinski definition) is 4. The Morgan fingerprint density at radius 3 is 2.85 bits per heavy atom. The predicted molar refractivity (Wildman–Crippen MR) is 76.3 cm³/mol. The Morgan fingerprint density at radius 2 is 2.20 bits per heavy atom. The number of thiazole rings is 1. The molecule has 0 unspecified atom stereocenters. The van der Waals surface area contributed by atoms with Crippen LogP contribution in [0.3, 0.4) is 0 Å². The number of hydrogen-bond donors (Lipinski definition) is 2. The van der Waals surface area contributed by atoms with Gasteiger partial charge in [0.05, 0.1) is 5.01 Å². The molecule has 2 N–H and O–H groups in total. The average molecular weight is 290 g/mol. The van der Waals surface area contributed by atoms with Crippen molar-refractivity contribution >= 4 is 23.2 Å². The van der Waals surface area contributed by atoms with Gasteiger partial charge in [-0.15, -0.1) is 11.3 Å². The van der Waals surface area contributed by atoms with E-state index in [-0.39, 0.29) is 11.6 Å². The van der Waals surface area contributed by atoms with Crippen LogP contribution in [-0.2, 0) is 6.42 Å². The van der Waals surface area contributed by atoms with Gasteiger partial charge in [-0.05, 0) is 19.1 Å². The molecule has 0 aliphatic carbocycles. The van der Waals surface area contributed by atoms with Gasteiger partial charge < -0.3 is 10.4 Å². The number of amides is 1. The van der Waals surface area contributed by atoms with Crippen LogP contribution in [0.1, 0.15) is 31.4 Å². The summed E-state index contributed by atoms with van der Waals surface area (Å²) in [6.07, 6.45) is 0.523. The van der Waals surface area contributed by atoms with E-state index in [9.17, 15) is 9.59 Å². The third-order valence-corrected chi connectivity index (χ3v) is 3.58. The van der Waals surface area contributed by atoms with Crippen molar-refractivity contribution in [2.24, 2.45) is 0 Å². The van der Waals surface area contributed by atoms with Gasteiger partial charge in [-0.2, -0.15) is 0 Å². The lowest BCUT2D eigenvalue weighted by molar-refractivity contribution is 0.0690. The van der Waals surface area contributed by atoms with E-state index in [4.69, 9.17) is 5.11 Å². The first kappa shape index (κ1) is 14.2. The van der Waals surface area contributed by atoms with Crippen LogP contribution in [0.5, 0.6) is 0 Å². The highest BCUT2D eigenvalue weighted by molar-refractivity contribution is 7.09. The summed E-state index contributed by atoms with van der Waals surface area (Å²) in [5.74, 6) is -1.17. The Labute approximate surface area is 120 Å². The maximum Gasteiger partial charge on any atom is 0.355 e. The highest BCUT2D eigenvalue weighted by Crippen LogP contribution is 2.10. The minimum absolute atomic E-state index is 0.0509. The molecular weight excluding hydrogens is 276 g/mol. The second-order valence-electron chi connectivity index (χ2n) is 4.31. The standard InChI is InChI=1S/C14H14N2O3S/c1-9-3-2-4-10(7-9)13(17)15-6-5-12-16-11(8-20-12)14(18)19/h2-4,7-8H,5-6H2,1H3,(H,15,17)(H,18,19). The van der Waals surface area contributed by atoms with Crippen molar-refractivity contribution < 1.29 is 14.7 Å². The van der Waals surface area contributed by atoms with Crippen LogP contribution >= 0.6 is 11.3 Å². The summed E-state index contributed by atoms with van der Waals surface area (Å²) in [6, 6.07) is 7.35. The molecule has 1 heterocycles. The molecule has 0 saturated carbocycles. The zero-order valence-electron chi connectivity index (χ0n) is 10.9. The Hall–Kier alpha value is -2.21. The number of aromatic carboxylic acids is 1. The number of benzene rings is 1. The summed E-state index contributed by atoms with van der Waals surface area (Å²) in [6.45, 7) is 2.36. The fraction of sp³-hybridized carbons (Fsp3) is 0.214. The van der Waals surface area contributed by atoms with E-state index in [0.717, 1.165) is 5.56 Å². The second kappa shape index (κ2) is 6.29. The first-order chi connectivity index (χ1) is 9.56. The van der Waals surface area contributed by atoms with Crippen LogP contribution in [0.25, 0.3) is 0 Å². The minimum atomic E-state index is -1.03. The van der Waals surface area contributed by atoms with Gasteiger partial charge in [0, 0.05) is 23.9 Å². The topological polar surface area (TPSA) is 79.3 Å². The molecule has 104 valence electrons. The summed E-state index contributed by atoms with van der Waals surface area (Å²) in [7, 11) is 0. The summed E-state index contributed by atoms with van der Waals surface area (Å²) < 4.78 is 0. The molecule has 0 spiro atoms. The molecule has 6 heteroatoms. The Kier molecular flexibility index (Phi) is 4.47. The monoisotopic (exact) mass is 290 g/mol. The molecule has 5 nitrogen and oxygen atoms in total. The molecule has 0 saturated heterocycles. The van der Waals surface area contributed by atoms with Crippen LogP contribution in [0, 0.1) is 6.92 Å². The molecule has 1 aromatic heterocycles. The van der Waals surface area contributed by atoms with Gasteiger partial charge >= 0.3 is 5.97 Å². The van der Waals surface area contributed by atoms with E-state index in [0.29, 0.717) is 23.5 Å². The van der Waals surface area contributed by atoms with Crippen LogP contribution in [0.2, 0.25) is 0 Å². The lowest BCUT2D eigenvalue weighted by atomic mass is 10.1. The first-order valence-electron chi connectivity index (χ1n) is 6.09. The number of aryl methyl sites for hydroxylation is 1. The summed E-state index contributed by atoms with van der Waals surface area (Å²) in [5, 5.41) is 13.8. The van der Waals surface area contributed by atoms with Crippen molar-refractivity contribution in [3.63, 3.8) is 0 Å². The predicted octanol–water partition coefficient (Wildman–Crippen LogP) is 2.12. The molecule has 0 atom stereocenters. The first-order valence-corrected chi connectivity index (χ1v) is 6.97. The van der Waals surface area contributed by atoms with E-state index in [1.165, 1.54) is 16.7 Å². The van der Waals surface area contributed by atoms with Crippen molar-refractivity contribution in [1.29, 1.82) is 0 Å². The molecule has 1 amide bonds. The average Bonchev–Trinajstić information content (AvgIpc) is 2.87. The Morgan fingerprint density at radius 1 is 1.40 bits per heavy atom. The normalized spacial score (nSPS) is 10.2. The molecular formula is C14H14N2O3S. The van der Waals surface area contributed by atoms with Crippen LogP contribution in [-0.4, -0.2) is 28.5 Å². The molecule has 0 radical (unpaired) electrons. The molecule has 2 rings (SSSR count). The van der Waals surface area contributed by atoms with Gasteiger partial charge in [-0.25, -0.2) is 9.78 Å². The third kappa shape index (κ3) is 3.64. The maximum absolute atomic E-state index is 11.9. The fourth-order valence-corrected chi connectivity index (χ4v) is 2.47. The zero-order chi connectivity index (χ0) is 14.5. The fourth-order valence-electron chi connectivity index (χ4n) is 1.70. The van der Waals surface area contributed by atoms with E-state index in [2.05, 4.69) is 10.3 Å². The Balaban J connectivity index is 1.86. The number of aromatic nitrogens is 1. The van der Waals surface area contributed by atoms with Gasteiger partial charge in [0.25, 0.3) is 5.91 Å². The molecule has 1 aromatic carbocycles. The number of carbonyl (C=O) groups is 2. The van der Waals surface area contributed by atoms with Gasteiger partial charge in [-0.3, -0.25) is 4.79 Å². The summed E-state index contributed by atoms with van der Waals surface area (Å²) >= 11 is 1.28. The molecule has 0 fully saturated rings. The number of carboxylic acids is 1. The smallest absolute Gasteiger partial charge is 0.355 e. The molecule has 0 bridgehead atoms. The Bertz CT molecular complexity index is 637. The van der Waals surface area contributed by atoms with E-state index in [1.54, 1.807) is 6.07 Å². The van der Waals surface area contributed by atoms with E-state index >= 15 is 0 Å². The lowest BCUT2D eigenvalue weighted by Gasteiger charge is -2.04. The van der Waals surface area contributed by atoms with Crippen molar-refractivity contribution in [3.8, 4) is 0 Å². The van der Waals surface area contributed by atoms with E-state index in [1.807, 2.05) is 25.1 Å². The summed E-state index contributed by atoms with van der Waals surface area (Å²) in [4.78, 5) is 26.5. The second-order valence-corrected chi connectivity index (χ2v) is 5.25. The highest BCUT2D eigenvalue weighted by Gasteiger charge is 2.09. The molecule has 0 aliphatic heterocycles. The third-order valence-electron chi connectivity index (χ3n) is 2.68. The van der Waals surface area contributed by atoms with E-state index < -0.39 is 5.97 Å². The largest absolute Gasteiger partial charge is 0.476 e. The SMILES string of the molecule is Cc1cccc(C(=O)NCCc2nc(C(=O)O)cs2)c1. The van der Waals surface area contributed by atoms with Gasteiger partial charge in [-0.1, -0.05) is 17.7 Å². The number of carboxylic acid groups (broad SMARTS) is 1. The number of carbonyl (C=O) groups excluding carboxylic acids is 1. The van der Waals surface area contributed by atoms with Gasteiger partial charge in [0.1, 0.15) is 0 Å². The zero-order valence-corrected chi connectivity index (χ0v) is 11.7.